The van der Waals surface area contributed by atoms with Gasteiger partial charge < -0.3 is 10.2 Å². The van der Waals surface area contributed by atoms with Gasteiger partial charge in [-0.3, -0.25) is 0 Å². The highest BCUT2D eigenvalue weighted by molar-refractivity contribution is 6.30. The van der Waals surface area contributed by atoms with E-state index in [4.69, 9.17) is 11.6 Å². The van der Waals surface area contributed by atoms with Gasteiger partial charge in [-0.2, -0.15) is 0 Å². The number of rotatable bonds is 4. The first-order chi connectivity index (χ1) is 9.58. The van der Waals surface area contributed by atoms with E-state index in [0.29, 0.717) is 12.1 Å². The zero-order chi connectivity index (χ0) is 14.5. The summed E-state index contributed by atoms with van der Waals surface area (Å²) >= 11 is 6.24. The highest BCUT2D eigenvalue weighted by atomic mass is 35.5. The molecule has 3 heteroatoms. The first kappa shape index (κ1) is 15.7. The summed E-state index contributed by atoms with van der Waals surface area (Å²) in [7, 11) is 0. The second-order valence-corrected chi connectivity index (χ2v) is 6.64. The summed E-state index contributed by atoms with van der Waals surface area (Å²) in [4.78, 5) is 2.55. The van der Waals surface area contributed by atoms with Crippen LogP contribution in [-0.2, 0) is 6.54 Å². The van der Waals surface area contributed by atoms with Crippen LogP contribution in [0.4, 0.5) is 5.69 Å². The lowest BCUT2D eigenvalue weighted by atomic mass is 10.1. The monoisotopic (exact) mass is 294 g/mol. The van der Waals surface area contributed by atoms with Crippen molar-refractivity contribution in [1.29, 1.82) is 0 Å². The molecule has 1 unspecified atom stereocenters. The van der Waals surface area contributed by atoms with Gasteiger partial charge in [0.2, 0.25) is 0 Å². The van der Waals surface area contributed by atoms with Gasteiger partial charge >= 0.3 is 0 Å². The van der Waals surface area contributed by atoms with E-state index in [2.05, 4.69) is 43.1 Å². The Bertz CT molecular complexity index is 431. The number of hydrogen-bond donors (Lipinski definition) is 1. The summed E-state index contributed by atoms with van der Waals surface area (Å²) in [5.41, 5.74) is 2.68. The lowest BCUT2D eigenvalue weighted by Crippen LogP contribution is -2.34. The van der Waals surface area contributed by atoms with Crippen LogP contribution in [0.1, 0.15) is 52.0 Å². The summed E-state index contributed by atoms with van der Waals surface area (Å²) in [5, 5.41) is 4.36. The molecule has 1 saturated heterocycles. The molecule has 1 heterocycles. The fourth-order valence-corrected chi connectivity index (χ4v) is 3.07. The molecule has 0 radical (unpaired) electrons. The van der Waals surface area contributed by atoms with Crippen molar-refractivity contribution >= 4 is 17.3 Å². The van der Waals surface area contributed by atoms with E-state index >= 15 is 0 Å². The highest BCUT2D eigenvalue weighted by Gasteiger charge is 2.20. The van der Waals surface area contributed by atoms with Gasteiger partial charge in [-0.15, -0.1) is 0 Å². The number of nitrogens with one attached hydrogen (secondary N) is 1. The molecule has 20 heavy (non-hydrogen) atoms. The minimum atomic E-state index is 0.500. The van der Waals surface area contributed by atoms with Crippen LogP contribution >= 0.6 is 11.6 Å². The van der Waals surface area contributed by atoms with Crippen LogP contribution in [0.2, 0.25) is 5.02 Å². The van der Waals surface area contributed by atoms with E-state index in [-0.39, 0.29) is 0 Å². The summed E-state index contributed by atoms with van der Waals surface area (Å²) in [6, 6.07) is 7.42. The van der Waals surface area contributed by atoms with Crippen LogP contribution in [-0.4, -0.2) is 18.6 Å². The van der Waals surface area contributed by atoms with Crippen molar-refractivity contribution in [1.82, 2.24) is 5.32 Å². The van der Waals surface area contributed by atoms with Gasteiger partial charge in [0.25, 0.3) is 0 Å². The highest BCUT2D eigenvalue weighted by Crippen LogP contribution is 2.30. The molecular formula is C17H27ClN2. The number of anilines is 1. The van der Waals surface area contributed by atoms with Crippen LogP contribution in [0.3, 0.4) is 0 Å². The number of benzene rings is 1. The van der Waals surface area contributed by atoms with Crippen molar-refractivity contribution in [3.05, 3.63) is 28.8 Å². The Kier molecular flexibility index (Phi) is 5.74. The summed E-state index contributed by atoms with van der Waals surface area (Å²) < 4.78 is 0. The molecule has 1 aliphatic heterocycles. The number of halogens is 1. The smallest absolute Gasteiger partial charge is 0.0429 e. The zero-order valence-electron chi connectivity index (χ0n) is 13.0. The quantitative estimate of drug-likeness (QED) is 0.872. The van der Waals surface area contributed by atoms with Crippen LogP contribution in [0.25, 0.3) is 0 Å². The third kappa shape index (κ3) is 4.13. The van der Waals surface area contributed by atoms with E-state index in [9.17, 15) is 0 Å². The van der Waals surface area contributed by atoms with Crippen molar-refractivity contribution < 1.29 is 0 Å². The Hall–Kier alpha value is -0.730. The van der Waals surface area contributed by atoms with E-state index in [0.717, 1.165) is 18.1 Å². The molecule has 0 saturated carbocycles. The fourth-order valence-electron chi connectivity index (χ4n) is 2.90. The lowest BCUT2D eigenvalue weighted by molar-refractivity contribution is 0.581. The van der Waals surface area contributed by atoms with Gasteiger partial charge in [0.15, 0.2) is 0 Å². The Labute approximate surface area is 128 Å². The molecule has 0 amide bonds. The van der Waals surface area contributed by atoms with Crippen molar-refractivity contribution in [2.24, 2.45) is 0 Å². The molecule has 1 N–H and O–H groups in total. The third-order valence-electron chi connectivity index (χ3n) is 4.11. The van der Waals surface area contributed by atoms with Crippen LogP contribution in [0.5, 0.6) is 0 Å². The SMILES string of the molecule is CC(C)NCc1ccc(Cl)cc1N1CCCCCC1C. The van der Waals surface area contributed by atoms with Crippen molar-refractivity contribution in [2.75, 3.05) is 11.4 Å². The normalized spacial score (nSPS) is 20.2. The summed E-state index contributed by atoms with van der Waals surface area (Å²) in [5.74, 6) is 0. The van der Waals surface area contributed by atoms with Crippen molar-refractivity contribution in [2.45, 2.75) is 65.1 Å². The van der Waals surface area contributed by atoms with Gasteiger partial charge in [-0.1, -0.05) is 44.4 Å². The molecule has 0 aromatic heterocycles. The predicted molar refractivity (Wildman–Crippen MR) is 88.7 cm³/mol. The van der Waals surface area contributed by atoms with Gasteiger partial charge in [-0.25, -0.2) is 0 Å². The van der Waals surface area contributed by atoms with Crippen LogP contribution in [0.15, 0.2) is 18.2 Å². The van der Waals surface area contributed by atoms with Gasteiger partial charge in [-0.05, 0) is 37.5 Å². The molecule has 2 nitrogen and oxygen atoms in total. The molecule has 0 aliphatic carbocycles. The lowest BCUT2D eigenvalue weighted by Gasteiger charge is -2.32. The molecule has 112 valence electrons. The topological polar surface area (TPSA) is 15.3 Å². The summed E-state index contributed by atoms with van der Waals surface area (Å²) in [6.45, 7) is 8.77. The Morgan fingerprint density at radius 3 is 2.85 bits per heavy atom. The molecule has 1 fully saturated rings. The third-order valence-corrected chi connectivity index (χ3v) is 4.35. The summed E-state index contributed by atoms with van der Waals surface area (Å²) in [6.07, 6.45) is 5.26. The molecule has 1 aromatic carbocycles. The van der Waals surface area contributed by atoms with E-state index in [1.807, 2.05) is 6.07 Å². The zero-order valence-corrected chi connectivity index (χ0v) is 13.7. The average Bonchev–Trinajstić information content (AvgIpc) is 2.61. The molecule has 1 atom stereocenters. The Balaban J connectivity index is 2.24. The number of hydrogen-bond acceptors (Lipinski definition) is 2. The van der Waals surface area contributed by atoms with Gasteiger partial charge in [0, 0.05) is 35.9 Å². The fraction of sp³-hybridized carbons (Fsp3) is 0.647. The minimum absolute atomic E-state index is 0.500. The van der Waals surface area contributed by atoms with Gasteiger partial charge in [0.05, 0.1) is 0 Å². The maximum atomic E-state index is 6.24. The molecule has 0 spiro atoms. The Morgan fingerprint density at radius 2 is 2.10 bits per heavy atom. The maximum Gasteiger partial charge on any atom is 0.0429 e. The molecule has 1 aliphatic rings. The molecule has 1 aromatic rings. The van der Waals surface area contributed by atoms with E-state index in [1.165, 1.54) is 36.9 Å². The van der Waals surface area contributed by atoms with Crippen LogP contribution < -0.4 is 10.2 Å². The van der Waals surface area contributed by atoms with Crippen LogP contribution in [0, 0.1) is 0 Å². The van der Waals surface area contributed by atoms with Crippen molar-refractivity contribution in [3.63, 3.8) is 0 Å². The maximum absolute atomic E-state index is 6.24. The first-order valence-corrected chi connectivity index (χ1v) is 8.24. The van der Waals surface area contributed by atoms with E-state index < -0.39 is 0 Å². The largest absolute Gasteiger partial charge is 0.369 e. The molecular weight excluding hydrogens is 268 g/mol. The Morgan fingerprint density at radius 1 is 1.30 bits per heavy atom. The first-order valence-electron chi connectivity index (χ1n) is 7.86. The van der Waals surface area contributed by atoms with Gasteiger partial charge in [0.1, 0.15) is 0 Å². The standard InChI is InChI=1S/C17H27ClN2/c1-13(2)19-12-15-8-9-16(18)11-17(15)20-10-6-4-5-7-14(20)3/h8-9,11,13-14,19H,4-7,10,12H2,1-3H3. The van der Waals surface area contributed by atoms with E-state index in [1.54, 1.807) is 0 Å². The number of nitrogens with zero attached hydrogens (tertiary/aromatic N) is 1. The molecule has 0 bridgehead atoms. The van der Waals surface area contributed by atoms with Crippen molar-refractivity contribution in [3.8, 4) is 0 Å². The average molecular weight is 295 g/mol. The minimum Gasteiger partial charge on any atom is -0.369 e. The molecule has 2 rings (SSSR count). The predicted octanol–water partition coefficient (Wildman–Crippen LogP) is 4.61. The second kappa shape index (κ2) is 7.33. The second-order valence-electron chi connectivity index (χ2n) is 6.20.